The zero-order valence-corrected chi connectivity index (χ0v) is 12.6. The number of fused-ring (bicyclic) bond motifs is 2. The largest absolute Gasteiger partial charge is 0.492 e. The van der Waals surface area contributed by atoms with Gasteiger partial charge in [0.05, 0.1) is 12.1 Å². The van der Waals surface area contributed by atoms with Crippen LogP contribution in [0.1, 0.15) is 30.9 Å². The van der Waals surface area contributed by atoms with Crippen molar-refractivity contribution in [2.24, 2.45) is 5.73 Å². The molecule has 4 nitrogen and oxygen atoms in total. The predicted octanol–water partition coefficient (Wildman–Crippen LogP) is 1.62. The lowest BCUT2D eigenvalue weighted by Gasteiger charge is -2.39. The minimum Gasteiger partial charge on any atom is -0.492 e. The van der Waals surface area contributed by atoms with Gasteiger partial charge in [-0.15, -0.1) is 0 Å². The number of hydrogen-bond acceptors (Lipinski definition) is 4. The molecule has 0 amide bonds. The molecule has 3 atom stereocenters. The molecule has 4 rings (SSSR count). The normalized spacial score (nSPS) is 33.9. The van der Waals surface area contributed by atoms with Crippen LogP contribution in [-0.4, -0.2) is 54.7 Å². The van der Waals surface area contributed by atoms with E-state index in [0.29, 0.717) is 6.04 Å². The van der Waals surface area contributed by atoms with Gasteiger partial charge in [-0.05, 0) is 45.0 Å². The van der Waals surface area contributed by atoms with E-state index in [1.165, 1.54) is 37.9 Å². The summed E-state index contributed by atoms with van der Waals surface area (Å²) in [6, 6.07) is 9.36. The van der Waals surface area contributed by atoms with Gasteiger partial charge < -0.3 is 10.5 Å². The Hall–Kier alpha value is -1.10. The van der Waals surface area contributed by atoms with Gasteiger partial charge in [0.15, 0.2) is 0 Å². The number of ether oxygens (including phenoxy) is 1. The summed E-state index contributed by atoms with van der Waals surface area (Å²) in [6.45, 7) is 5.57. The molecule has 4 heteroatoms. The number of rotatable bonds is 1. The lowest BCUT2D eigenvalue weighted by atomic mass is 9.95. The summed E-state index contributed by atoms with van der Waals surface area (Å²) in [4.78, 5) is 5.26. The molecule has 0 saturated carbocycles. The molecule has 2 fully saturated rings. The quantitative estimate of drug-likeness (QED) is 0.852. The molecular formula is C17H25N3O. The fraction of sp³-hybridized carbons (Fsp3) is 0.647. The molecular weight excluding hydrogens is 262 g/mol. The topological polar surface area (TPSA) is 41.7 Å². The highest BCUT2D eigenvalue weighted by Gasteiger charge is 2.36. The van der Waals surface area contributed by atoms with Gasteiger partial charge in [-0.2, -0.15) is 0 Å². The maximum atomic E-state index is 6.57. The highest BCUT2D eigenvalue weighted by molar-refractivity contribution is 5.38. The van der Waals surface area contributed by atoms with E-state index in [9.17, 15) is 0 Å². The molecule has 1 aromatic carbocycles. The maximum absolute atomic E-state index is 6.57. The standard InChI is InChI=1S/C17H25N3O/c18-17-14-6-1-2-7-16(14)21-12-15(17)20-10-4-9-19-8-3-5-13(19)11-20/h1-2,6-7,13,15,17H,3-5,8-12,18H2. The van der Waals surface area contributed by atoms with Gasteiger partial charge in [0.25, 0.3) is 0 Å². The molecule has 21 heavy (non-hydrogen) atoms. The monoisotopic (exact) mass is 287 g/mol. The second-order valence-corrected chi connectivity index (χ2v) is 6.62. The third-order valence-corrected chi connectivity index (χ3v) is 5.41. The molecule has 0 aliphatic carbocycles. The van der Waals surface area contributed by atoms with E-state index in [-0.39, 0.29) is 6.04 Å². The van der Waals surface area contributed by atoms with E-state index in [4.69, 9.17) is 10.5 Å². The molecule has 3 aliphatic heterocycles. The zero-order valence-electron chi connectivity index (χ0n) is 12.6. The van der Waals surface area contributed by atoms with E-state index >= 15 is 0 Å². The van der Waals surface area contributed by atoms with Crippen molar-refractivity contribution >= 4 is 0 Å². The van der Waals surface area contributed by atoms with Crippen LogP contribution in [0.5, 0.6) is 5.75 Å². The zero-order chi connectivity index (χ0) is 14.2. The van der Waals surface area contributed by atoms with Crippen molar-refractivity contribution in [2.45, 2.75) is 37.4 Å². The minimum absolute atomic E-state index is 0.0721. The number of para-hydroxylation sites is 1. The fourth-order valence-corrected chi connectivity index (χ4v) is 4.24. The third kappa shape index (κ3) is 2.45. The molecule has 2 saturated heterocycles. The maximum Gasteiger partial charge on any atom is 0.124 e. The molecule has 0 spiro atoms. The molecule has 1 aromatic rings. The van der Waals surface area contributed by atoms with Crippen LogP contribution >= 0.6 is 0 Å². The number of benzene rings is 1. The Morgan fingerprint density at radius 2 is 1.86 bits per heavy atom. The first kappa shape index (κ1) is 13.6. The molecule has 0 radical (unpaired) electrons. The van der Waals surface area contributed by atoms with Crippen molar-refractivity contribution in [1.82, 2.24) is 9.80 Å². The molecule has 3 heterocycles. The minimum atomic E-state index is 0.0721. The van der Waals surface area contributed by atoms with Crippen LogP contribution in [0.3, 0.4) is 0 Å². The van der Waals surface area contributed by atoms with Crippen LogP contribution in [-0.2, 0) is 0 Å². The molecule has 0 aromatic heterocycles. The van der Waals surface area contributed by atoms with Gasteiger partial charge in [-0.25, -0.2) is 0 Å². The van der Waals surface area contributed by atoms with E-state index in [0.717, 1.165) is 31.5 Å². The van der Waals surface area contributed by atoms with E-state index in [1.807, 2.05) is 12.1 Å². The average Bonchev–Trinajstić information content (AvgIpc) is 2.85. The van der Waals surface area contributed by atoms with Crippen molar-refractivity contribution in [3.63, 3.8) is 0 Å². The summed E-state index contributed by atoms with van der Waals surface area (Å²) in [6.07, 6.45) is 3.95. The molecule has 3 aliphatic rings. The van der Waals surface area contributed by atoms with Crippen molar-refractivity contribution in [3.8, 4) is 5.75 Å². The van der Waals surface area contributed by atoms with E-state index < -0.39 is 0 Å². The van der Waals surface area contributed by atoms with E-state index in [2.05, 4.69) is 21.9 Å². The summed E-state index contributed by atoms with van der Waals surface area (Å²) in [5.74, 6) is 0.971. The van der Waals surface area contributed by atoms with Crippen LogP contribution in [0.4, 0.5) is 0 Å². The lowest BCUT2D eigenvalue weighted by Crippen LogP contribution is -2.51. The lowest BCUT2D eigenvalue weighted by molar-refractivity contribution is 0.0906. The Bertz CT molecular complexity index is 507. The Balaban J connectivity index is 1.54. The van der Waals surface area contributed by atoms with Crippen molar-refractivity contribution in [2.75, 3.05) is 32.8 Å². The number of nitrogens with two attached hydrogens (primary N) is 1. The van der Waals surface area contributed by atoms with Crippen LogP contribution in [0.25, 0.3) is 0 Å². The molecule has 114 valence electrons. The summed E-state index contributed by atoms with van der Waals surface area (Å²) in [5, 5.41) is 0. The summed E-state index contributed by atoms with van der Waals surface area (Å²) < 4.78 is 5.98. The van der Waals surface area contributed by atoms with Crippen molar-refractivity contribution in [1.29, 1.82) is 0 Å². The SMILES string of the molecule is NC1c2ccccc2OCC1N1CCCN2CCCC2C1. The first-order chi connectivity index (χ1) is 10.3. The van der Waals surface area contributed by atoms with Crippen molar-refractivity contribution < 1.29 is 4.74 Å². The van der Waals surface area contributed by atoms with Crippen LogP contribution in [0.2, 0.25) is 0 Å². The molecule has 0 bridgehead atoms. The van der Waals surface area contributed by atoms with Gasteiger partial charge in [0.1, 0.15) is 12.4 Å². The number of nitrogens with zero attached hydrogens (tertiary/aromatic N) is 2. The van der Waals surface area contributed by atoms with Crippen LogP contribution in [0.15, 0.2) is 24.3 Å². The smallest absolute Gasteiger partial charge is 0.124 e. The summed E-state index contributed by atoms with van der Waals surface area (Å²) in [5.41, 5.74) is 7.74. The second kappa shape index (κ2) is 5.59. The van der Waals surface area contributed by atoms with Gasteiger partial charge in [0.2, 0.25) is 0 Å². The summed E-state index contributed by atoms with van der Waals surface area (Å²) in [7, 11) is 0. The third-order valence-electron chi connectivity index (χ3n) is 5.41. The van der Waals surface area contributed by atoms with Gasteiger partial charge in [0, 0.05) is 18.2 Å². The van der Waals surface area contributed by atoms with Crippen molar-refractivity contribution in [3.05, 3.63) is 29.8 Å². The van der Waals surface area contributed by atoms with Gasteiger partial charge in [-0.3, -0.25) is 9.80 Å². The van der Waals surface area contributed by atoms with E-state index in [1.54, 1.807) is 0 Å². The first-order valence-corrected chi connectivity index (χ1v) is 8.28. The first-order valence-electron chi connectivity index (χ1n) is 8.28. The highest BCUT2D eigenvalue weighted by atomic mass is 16.5. The Morgan fingerprint density at radius 3 is 2.81 bits per heavy atom. The van der Waals surface area contributed by atoms with Gasteiger partial charge in [-0.1, -0.05) is 18.2 Å². The van der Waals surface area contributed by atoms with Gasteiger partial charge >= 0.3 is 0 Å². The number of hydrogen-bond donors (Lipinski definition) is 1. The molecule has 3 unspecified atom stereocenters. The van der Waals surface area contributed by atoms with Crippen LogP contribution < -0.4 is 10.5 Å². The van der Waals surface area contributed by atoms with Crippen LogP contribution in [0, 0.1) is 0 Å². The Morgan fingerprint density at radius 1 is 1.05 bits per heavy atom. The highest BCUT2D eigenvalue weighted by Crippen LogP contribution is 2.34. The predicted molar refractivity (Wildman–Crippen MR) is 83.4 cm³/mol. The Kier molecular flexibility index (Phi) is 3.61. The molecule has 2 N–H and O–H groups in total. The Labute approximate surface area is 126 Å². The fourth-order valence-electron chi connectivity index (χ4n) is 4.24. The average molecular weight is 287 g/mol. The second-order valence-electron chi connectivity index (χ2n) is 6.62. The summed E-state index contributed by atoms with van der Waals surface area (Å²) >= 11 is 0.